The molecule has 0 saturated heterocycles. The average molecular weight is 790 g/mol. The molecule has 9 aromatic rings. The van der Waals surface area contributed by atoms with Gasteiger partial charge in [-0.3, -0.25) is 0 Å². The van der Waals surface area contributed by atoms with Gasteiger partial charge in [0.15, 0.2) is 0 Å². The van der Waals surface area contributed by atoms with Gasteiger partial charge in [0.1, 0.15) is 0 Å². The molecule has 0 aromatic heterocycles. The summed E-state index contributed by atoms with van der Waals surface area (Å²) < 4.78 is 0. The van der Waals surface area contributed by atoms with Crippen molar-refractivity contribution in [2.75, 3.05) is 4.90 Å². The van der Waals surface area contributed by atoms with Crippen LogP contribution in [0.1, 0.15) is 57.0 Å². The molecule has 292 valence electrons. The van der Waals surface area contributed by atoms with E-state index in [-0.39, 0.29) is 6.04 Å². The highest BCUT2D eigenvalue weighted by Gasteiger charge is 2.57. The van der Waals surface area contributed by atoms with E-state index in [9.17, 15) is 0 Å². The Labute approximate surface area is 363 Å². The van der Waals surface area contributed by atoms with Gasteiger partial charge in [0.25, 0.3) is 0 Å². The summed E-state index contributed by atoms with van der Waals surface area (Å²) in [6, 6.07) is 80.5. The van der Waals surface area contributed by atoms with Crippen LogP contribution in [0.5, 0.6) is 0 Å². The van der Waals surface area contributed by atoms with Gasteiger partial charge in [-0.1, -0.05) is 213 Å². The van der Waals surface area contributed by atoms with E-state index in [2.05, 4.69) is 242 Å². The lowest BCUT2D eigenvalue weighted by atomic mass is 9.51. The number of hydrogen-bond acceptors (Lipinski definition) is 1. The minimum Gasteiger partial charge on any atom is -0.333 e. The van der Waals surface area contributed by atoms with E-state index in [0.717, 1.165) is 0 Å². The summed E-state index contributed by atoms with van der Waals surface area (Å²) in [4.78, 5) is 2.57. The standard InChI is InChI=1S/C61H43N/c1-40-16-14-25-51-52-39-44(33-37-57(52)62(59(40)51)48-36-32-41-17-8-9-18-43(41)38-48)42-30-34-47(35-31-42)60(45-19-4-2-5-20-45)54-27-12-13-28-55(54)61(46-21-6-3-7-22-46)53-26-11-10-23-49(53)50-24-15-29-56(60)58(50)61/h2-40,59H,1H3. The number of anilines is 2. The third-order valence-corrected chi connectivity index (χ3v) is 14.6. The largest absolute Gasteiger partial charge is 0.333 e. The van der Waals surface area contributed by atoms with E-state index in [1.54, 1.807) is 0 Å². The Balaban J connectivity index is 1.000. The molecule has 1 nitrogen and oxygen atoms in total. The number of hydrogen-bond donors (Lipinski definition) is 0. The van der Waals surface area contributed by atoms with Crippen molar-refractivity contribution in [1.82, 2.24) is 0 Å². The predicted octanol–water partition coefficient (Wildman–Crippen LogP) is 14.7. The molecule has 62 heavy (non-hydrogen) atoms. The highest BCUT2D eigenvalue weighted by atomic mass is 15.2. The van der Waals surface area contributed by atoms with Crippen LogP contribution in [0.4, 0.5) is 11.4 Å². The number of rotatable bonds is 5. The predicted molar refractivity (Wildman–Crippen MR) is 257 cm³/mol. The lowest BCUT2D eigenvalue weighted by Crippen LogP contribution is -2.44. The zero-order valence-electron chi connectivity index (χ0n) is 34.5. The van der Waals surface area contributed by atoms with E-state index in [0.29, 0.717) is 5.92 Å². The second-order valence-corrected chi connectivity index (χ2v) is 17.6. The normalized spacial score (nSPS) is 21.1. The van der Waals surface area contributed by atoms with Gasteiger partial charge in [-0.2, -0.15) is 0 Å². The van der Waals surface area contributed by atoms with Gasteiger partial charge in [0, 0.05) is 16.9 Å². The Bertz CT molecular complexity index is 3320. The summed E-state index contributed by atoms with van der Waals surface area (Å²) in [5, 5.41) is 2.54. The zero-order valence-corrected chi connectivity index (χ0v) is 34.5. The van der Waals surface area contributed by atoms with E-state index < -0.39 is 10.8 Å². The van der Waals surface area contributed by atoms with Crippen molar-refractivity contribution in [2.45, 2.75) is 23.8 Å². The van der Waals surface area contributed by atoms with Crippen LogP contribution in [0.25, 0.3) is 38.6 Å². The highest BCUT2D eigenvalue weighted by molar-refractivity contribution is 5.98. The Morgan fingerprint density at radius 3 is 1.79 bits per heavy atom. The fourth-order valence-corrected chi connectivity index (χ4v) is 12.1. The molecule has 13 rings (SSSR count). The maximum atomic E-state index is 2.57. The molecule has 1 aliphatic heterocycles. The molecule has 4 aliphatic rings. The first kappa shape index (κ1) is 35.3. The zero-order chi connectivity index (χ0) is 41.0. The molecule has 9 aromatic carbocycles. The molecule has 3 aliphatic carbocycles. The van der Waals surface area contributed by atoms with Crippen molar-refractivity contribution in [3.8, 4) is 22.3 Å². The van der Waals surface area contributed by atoms with Gasteiger partial charge >= 0.3 is 0 Å². The van der Waals surface area contributed by atoms with Crippen molar-refractivity contribution in [3.63, 3.8) is 0 Å². The van der Waals surface area contributed by atoms with Crippen LogP contribution in [-0.4, -0.2) is 6.04 Å². The fraction of sp³-hybridized carbons (Fsp3) is 0.0820. The molecule has 0 amide bonds. The van der Waals surface area contributed by atoms with Gasteiger partial charge in [0.2, 0.25) is 0 Å². The first-order valence-corrected chi connectivity index (χ1v) is 22.0. The molecule has 0 spiro atoms. The SMILES string of the molecule is CC1C=CC=C2c3cc(-c4ccc(C5(c6ccccc6)c6ccccc6C6(c7ccccc7)c7ccccc7-c7cccc5c76)cc4)ccc3N(c3ccc4ccccc4c3)C21. The lowest BCUT2D eigenvalue weighted by molar-refractivity contribution is 0.627. The number of nitrogens with zero attached hydrogens (tertiary/aromatic N) is 1. The van der Waals surface area contributed by atoms with Gasteiger partial charge in [0.05, 0.1) is 16.9 Å². The third kappa shape index (κ3) is 4.63. The maximum Gasteiger partial charge on any atom is 0.0720 e. The second kappa shape index (κ2) is 13.3. The summed E-state index contributed by atoms with van der Waals surface area (Å²) in [6.45, 7) is 2.35. The van der Waals surface area contributed by atoms with Crippen LogP contribution < -0.4 is 4.90 Å². The topological polar surface area (TPSA) is 3.24 Å². The Morgan fingerprint density at radius 1 is 0.419 bits per heavy atom. The van der Waals surface area contributed by atoms with Crippen molar-refractivity contribution in [2.24, 2.45) is 5.92 Å². The molecule has 0 saturated carbocycles. The Morgan fingerprint density at radius 2 is 1.02 bits per heavy atom. The molecular weight excluding hydrogens is 747 g/mol. The molecule has 0 N–H and O–H groups in total. The smallest absolute Gasteiger partial charge is 0.0720 e. The average Bonchev–Trinajstić information content (AvgIpc) is 3.85. The van der Waals surface area contributed by atoms with Crippen LogP contribution in [0.2, 0.25) is 0 Å². The molecule has 1 heteroatoms. The van der Waals surface area contributed by atoms with E-state index >= 15 is 0 Å². The van der Waals surface area contributed by atoms with Crippen LogP contribution in [0, 0.1) is 5.92 Å². The highest BCUT2D eigenvalue weighted by Crippen LogP contribution is 2.65. The van der Waals surface area contributed by atoms with Gasteiger partial charge < -0.3 is 4.90 Å². The Kier molecular flexibility index (Phi) is 7.55. The molecule has 0 bridgehead atoms. The van der Waals surface area contributed by atoms with Crippen LogP contribution in [0.3, 0.4) is 0 Å². The van der Waals surface area contributed by atoms with Crippen LogP contribution in [0.15, 0.2) is 231 Å². The van der Waals surface area contributed by atoms with Crippen molar-refractivity contribution in [1.29, 1.82) is 0 Å². The minimum absolute atomic E-state index is 0.243. The van der Waals surface area contributed by atoms with Crippen molar-refractivity contribution in [3.05, 3.63) is 281 Å². The first-order chi connectivity index (χ1) is 30.7. The molecule has 0 fully saturated rings. The summed E-state index contributed by atoms with van der Waals surface area (Å²) in [5.74, 6) is 0.372. The quantitative estimate of drug-likeness (QED) is 0.168. The number of allylic oxidation sites excluding steroid dienone is 2. The Hall–Kier alpha value is -7.48. The lowest BCUT2D eigenvalue weighted by Gasteiger charge is -2.49. The molecule has 0 radical (unpaired) electrons. The van der Waals surface area contributed by atoms with E-state index in [4.69, 9.17) is 0 Å². The second-order valence-electron chi connectivity index (χ2n) is 17.6. The van der Waals surface area contributed by atoms with Gasteiger partial charge in [-0.25, -0.2) is 0 Å². The van der Waals surface area contributed by atoms with E-state index in [1.165, 1.54) is 100 Å². The van der Waals surface area contributed by atoms with E-state index in [1.807, 2.05) is 0 Å². The molecule has 4 atom stereocenters. The van der Waals surface area contributed by atoms with Crippen molar-refractivity contribution < 1.29 is 0 Å². The van der Waals surface area contributed by atoms with Crippen LogP contribution in [-0.2, 0) is 10.8 Å². The molecule has 4 unspecified atom stereocenters. The molecule has 1 heterocycles. The number of benzene rings is 9. The number of fused-ring (bicyclic) bond motifs is 9. The first-order valence-electron chi connectivity index (χ1n) is 22.0. The fourth-order valence-electron chi connectivity index (χ4n) is 12.1. The summed E-state index contributed by atoms with van der Waals surface area (Å²) in [7, 11) is 0. The molecular formula is C61H43N. The summed E-state index contributed by atoms with van der Waals surface area (Å²) in [6.07, 6.45) is 6.94. The summed E-state index contributed by atoms with van der Waals surface area (Å²) in [5.41, 5.74) is 19.9. The summed E-state index contributed by atoms with van der Waals surface area (Å²) >= 11 is 0. The van der Waals surface area contributed by atoms with Crippen LogP contribution >= 0.6 is 0 Å². The maximum absolute atomic E-state index is 2.57. The monoisotopic (exact) mass is 789 g/mol. The minimum atomic E-state index is -0.567. The third-order valence-electron chi connectivity index (χ3n) is 14.6. The van der Waals surface area contributed by atoms with Gasteiger partial charge in [-0.15, -0.1) is 0 Å². The van der Waals surface area contributed by atoms with Gasteiger partial charge in [-0.05, 0) is 113 Å². The van der Waals surface area contributed by atoms with Crippen molar-refractivity contribution >= 4 is 27.7 Å².